The van der Waals surface area contributed by atoms with E-state index in [2.05, 4.69) is 52.1 Å². The lowest BCUT2D eigenvalue weighted by Crippen LogP contribution is -2.26. The van der Waals surface area contributed by atoms with Crippen molar-refractivity contribution in [3.05, 3.63) is 76.9 Å². The summed E-state index contributed by atoms with van der Waals surface area (Å²) in [5.41, 5.74) is 8.39. The van der Waals surface area contributed by atoms with E-state index in [-0.39, 0.29) is 5.78 Å². The van der Waals surface area contributed by atoms with Crippen molar-refractivity contribution in [3.63, 3.8) is 0 Å². The van der Waals surface area contributed by atoms with Gasteiger partial charge in [-0.3, -0.25) is 4.79 Å². The monoisotopic (exact) mass is 418 g/mol. The minimum absolute atomic E-state index is 0.149. The molecule has 0 bridgehead atoms. The number of hydrogen-bond acceptors (Lipinski definition) is 3. The molecule has 0 unspecified atom stereocenters. The summed E-state index contributed by atoms with van der Waals surface area (Å²) in [6, 6.07) is 10.5. The molecule has 2 rings (SSSR count). The number of nitrogens with zero attached hydrogens (tertiary/aromatic N) is 1. The first-order chi connectivity index (χ1) is 14.8. The number of hydrazine groups is 1. The van der Waals surface area contributed by atoms with Crippen molar-refractivity contribution in [3.8, 4) is 0 Å². The number of benzene rings is 2. The van der Waals surface area contributed by atoms with Gasteiger partial charge in [0, 0.05) is 24.6 Å². The van der Waals surface area contributed by atoms with Gasteiger partial charge in [-0.15, -0.1) is 0 Å². The first-order valence-electron chi connectivity index (χ1n) is 11.4. The fraction of sp³-hybridized carbons (Fsp3) is 0.393. The number of unbranched alkanes of at least 4 members (excludes halogenated alkanes) is 1. The topological polar surface area (TPSA) is 46.3 Å². The lowest BCUT2D eigenvalue weighted by atomic mass is 9.91. The molecular weight excluding hydrogens is 380 g/mol. The molecule has 166 valence electrons. The Labute approximate surface area is 188 Å². The standard InChI is InChI=1S/C28H38N2O/c1-7-10-12-21(5)25-19-26(23(9-3)18-27(25)30(6)29)28(31)14-11-13-24-17-20(4)15-16-22(24)8-2/h9,15-19H,3,5,7-8,10-14,29H2,1-2,4,6H3. The number of carbonyl (C=O) groups excluding carboxylic acids is 1. The van der Waals surface area contributed by atoms with Crippen LogP contribution in [0.15, 0.2) is 43.5 Å². The van der Waals surface area contributed by atoms with Crippen LogP contribution in [0, 0.1) is 6.92 Å². The van der Waals surface area contributed by atoms with Crippen LogP contribution in [0.2, 0.25) is 0 Å². The van der Waals surface area contributed by atoms with Gasteiger partial charge in [-0.2, -0.15) is 0 Å². The number of nitrogens with two attached hydrogens (primary N) is 1. The van der Waals surface area contributed by atoms with E-state index in [9.17, 15) is 4.79 Å². The highest BCUT2D eigenvalue weighted by molar-refractivity contribution is 6.01. The minimum Gasteiger partial charge on any atom is -0.313 e. The van der Waals surface area contributed by atoms with Gasteiger partial charge in [0.05, 0.1) is 5.69 Å². The van der Waals surface area contributed by atoms with Gasteiger partial charge in [-0.1, -0.05) is 63.3 Å². The van der Waals surface area contributed by atoms with Crippen molar-refractivity contribution < 1.29 is 4.79 Å². The molecule has 0 amide bonds. The third-order valence-electron chi connectivity index (χ3n) is 5.87. The number of allylic oxidation sites excluding steroid dienone is 1. The van der Waals surface area contributed by atoms with Crippen LogP contribution in [0.1, 0.15) is 84.1 Å². The molecule has 0 fully saturated rings. The van der Waals surface area contributed by atoms with Crippen LogP contribution in [-0.4, -0.2) is 12.8 Å². The van der Waals surface area contributed by atoms with Crippen LogP contribution in [-0.2, 0) is 12.8 Å². The Morgan fingerprint density at radius 1 is 1.06 bits per heavy atom. The zero-order chi connectivity index (χ0) is 23.0. The normalized spacial score (nSPS) is 10.7. The Kier molecular flexibility index (Phi) is 9.26. The van der Waals surface area contributed by atoms with E-state index in [0.29, 0.717) is 12.0 Å². The maximum Gasteiger partial charge on any atom is 0.163 e. The molecule has 0 aliphatic carbocycles. The van der Waals surface area contributed by atoms with E-state index in [4.69, 9.17) is 5.84 Å². The number of aryl methyl sites for hydroxylation is 3. The maximum absolute atomic E-state index is 13.2. The first kappa shape index (κ1) is 24.6. The molecule has 31 heavy (non-hydrogen) atoms. The van der Waals surface area contributed by atoms with Gasteiger partial charge in [0.15, 0.2) is 5.78 Å². The summed E-state index contributed by atoms with van der Waals surface area (Å²) in [5.74, 6) is 6.24. The predicted molar refractivity (Wildman–Crippen MR) is 136 cm³/mol. The molecule has 0 spiro atoms. The van der Waals surface area contributed by atoms with E-state index in [1.54, 1.807) is 11.1 Å². The van der Waals surface area contributed by atoms with Gasteiger partial charge in [0.2, 0.25) is 0 Å². The molecule has 0 radical (unpaired) electrons. The van der Waals surface area contributed by atoms with Crippen molar-refractivity contribution in [2.45, 2.75) is 65.7 Å². The van der Waals surface area contributed by atoms with Crippen LogP contribution < -0.4 is 10.9 Å². The molecule has 0 aliphatic heterocycles. The molecule has 0 aromatic heterocycles. The molecule has 0 atom stereocenters. The van der Waals surface area contributed by atoms with Crippen molar-refractivity contribution >= 4 is 23.1 Å². The van der Waals surface area contributed by atoms with E-state index in [1.165, 1.54) is 16.7 Å². The lowest BCUT2D eigenvalue weighted by Gasteiger charge is -2.21. The zero-order valence-electron chi connectivity index (χ0n) is 19.8. The van der Waals surface area contributed by atoms with E-state index in [1.807, 2.05) is 19.2 Å². The number of ketones is 1. The summed E-state index contributed by atoms with van der Waals surface area (Å²) in [4.78, 5) is 13.2. The molecule has 0 saturated carbocycles. The average molecular weight is 419 g/mol. The second-order valence-corrected chi connectivity index (χ2v) is 8.38. The zero-order valence-corrected chi connectivity index (χ0v) is 19.8. The van der Waals surface area contributed by atoms with E-state index < -0.39 is 0 Å². The van der Waals surface area contributed by atoms with Crippen LogP contribution in [0.25, 0.3) is 11.6 Å². The Balaban J connectivity index is 2.25. The Bertz CT molecular complexity index is 940. The molecule has 0 heterocycles. The maximum atomic E-state index is 13.2. The summed E-state index contributed by atoms with van der Waals surface area (Å²) in [7, 11) is 1.81. The van der Waals surface area contributed by atoms with Gasteiger partial charge in [-0.25, -0.2) is 5.84 Å². The van der Waals surface area contributed by atoms with Crippen molar-refractivity contribution in [2.75, 3.05) is 12.1 Å². The van der Waals surface area contributed by atoms with Crippen molar-refractivity contribution in [1.29, 1.82) is 0 Å². The number of anilines is 1. The smallest absolute Gasteiger partial charge is 0.163 e. The highest BCUT2D eigenvalue weighted by atomic mass is 16.1. The van der Waals surface area contributed by atoms with Crippen LogP contribution in [0.5, 0.6) is 0 Å². The van der Waals surface area contributed by atoms with Crippen LogP contribution in [0.3, 0.4) is 0 Å². The molecule has 2 aromatic carbocycles. The Hall–Kier alpha value is -2.65. The summed E-state index contributed by atoms with van der Waals surface area (Å²) >= 11 is 0. The predicted octanol–water partition coefficient (Wildman–Crippen LogP) is 6.92. The number of carbonyl (C=O) groups is 1. The second-order valence-electron chi connectivity index (χ2n) is 8.38. The Morgan fingerprint density at radius 3 is 2.42 bits per heavy atom. The third kappa shape index (κ3) is 6.41. The highest BCUT2D eigenvalue weighted by Gasteiger charge is 2.17. The highest BCUT2D eigenvalue weighted by Crippen LogP contribution is 2.32. The van der Waals surface area contributed by atoms with Gasteiger partial charge in [0.1, 0.15) is 0 Å². The molecule has 3 heteroatoms. The fourth-order valence-electron chi connectivity index (χ4n) is 4.02. The van der Waals surface area contributed by atoms with Gasteiger partial charge < -0.3 is 5.01 Å². The SMILES string of the molecule is C=Cc1cc(N(C)N)c(C(=C)CCCC)cc1C(=O)CCCc1cc(C)ccc1CC. The first-order valence-corrected chi connectivity index (χ1v) is 11.4. The molecule has 0 aliphatic rings. The second kappa shape index (κ2) is 11.7. The average Bonchev–Trinajstić information content (AvgIpc) is 2.76. The third-order valence-corrected chi connectivity index (χ3v) is 5.87. The summed E-state index contributed by atoms with van der Waals surface area (Å²) < 4.78 is 0. The van der Waals surface area contributed by atoms with Gasteiger partial charge in [0.25, 0.3) is 0 Å². The lowest BCUT2D eigenvalue weighted by molar-refractivity contribution is 0.0980. The van der Waals surface area contributed by atoms with E-state index >= 15 is 0 Å². The molecule has 2 N–H and O–H groups in total. The van der Waals surface area contributed by atoms with Gasteiger partial charge in [-0.05, 0) is 73.4 Å². The molecule has 0 saturated heterocycles. The molecule has 3 nitrogen and oxygen atoms in total. The van der Waals surface area contributed by atoms with E-state index in [0.717, 1.165) is 60.9 Å². The van der Waals surface area contributed by atoms with Crippen molar-refractivity contribution in [2.24, 2.45) is 5.84 Å². The van der Waals surface area contributed by atoms with Crippen LogP contribution in [0.4, 0.5) is 5.69 Å². The summed E-state index contributed by atoms with van der Waals surface area (Å²) in [6.45, 7) is 14.7. The largest absolute Gasteiger partial charge is 0.313 e. The summed E-state index contributed by atoms with van der Waals surface area (Å²) in [5, 5.41) is 1.59. The van der Waals surface area contributed by atoms with Gasteiger partial charge >= 0.3 is 0 Å². The quantitative estimate of drug-likeness (QED) is 0.231. The van der Waals surface area contributed by atoms with Crippen LogP contribution >= 0.6 is 0 Å². The molecule has 2 aromatic rings. The number of rotatable bonds is 12. The molecular formula is C28H38N2O. The number of Topliss-reactive ketones (excluding diaryl/α,β-unsaturated/α-hetero) is 1. The fourth-order valence-corrected chi connectivity index (χ4v) is 4.02. The van der Waals surface area contributed by atoms with Crippen molar-refractivity contribution in [1.82, 2.24) is 0 Å². The number of hydrogen-bond donors (Lipinski definition) is 1. The minimum atomic E-state index is 0.149. The Morgan fingerprint density at radius 2 is 1.81 bits per heavy atom. The summed E-state index contributed by atoms with van der Waals surface area (Å²) in [6.07, 6.45) is 8.08.